The highest BCUT2D eigenvalue weighted by molar-refractivity contribution is 5.01. The lowest BCUT2D eigenvalue weighted by Crippen LogP contribution is -2.41. The van der Waals surface area contributed by atoms with Gasteiger partial charge in [0.05, 0.1) is 0 Å². The summed E-state index contributed by atoms with van der Waals surface area (Å²) in [6.45, 7) is 7.20. The van der Waals surface area contributed by atoms with Gasteiger partial charge in [0.2, 0.25) is 0 Å². The van der Waals surface area contributed by atoms with Crippen LogP contribution in [0, 0.1) is 17.3 Å². The smallest absolute Gasteiger partial charge is 0.0492 e. The van der Waals surface area contributed by atoms with Crippen LogP contribution >= 0.6 is 0 Å². The first-order chi connectivity index (χ1) is 9.41. The van der Waals surface area contributed by atoms with Crippen molar-refractivity contribution in [2.24, 2.45) is 24.3 Å². The predicted octanol–water partition coefficient (Wildman–Crippen LogP) is 3.40. The van der Waals surface area contributed by atoms with E-state index in [-0.39, 0.29) is 0 Å². The highest BCUT2D eigenvalue weighted by atomic mass is 15.2. The Hall–Kier alpha value is -0.830. The molecule has 1 N–H and O–H groups in total. The average molecular weight is 277 g/mol. The zero-order chi connectivity index (χ0) is 14.8. The fraction of sp³-hybridized carbons (Fsp3) is 0.824. The number of aromatic nitrogens is 2. The molecule has 0 bridgehead atoms. The molecule has 0 spiro atoms. The monoisotopic (exact) mass is 277 g/mol. The summed E-state index contributed by atoms with van der Waals surface area (Å²) in [6.07, 6.45) is 8.40. The lowest BCUT2D eigenvalue weighted by Gasteiger charge is -2.42. The van der Waals surface area contributed by atoms with Gasteiger partial charge in [0.15, 0.2) is 0 Å². The highest BCUT2D eigenvalue weighted by Gasteiger charge is 2.34. The second kappa shape index (κ2) is 6.30. The third-order valence-corrected chi connectivity index (χ3v) is 5.27. The number of rotatable bonds is 4. The fourth-order valence-electron chi connectivity index (χ4n) is 3.73. The van der Waals surface area contributed by atoms with Gasteiger partial charge in [0.1, 0.15) is 0 Å². The Bertz CT molecular complexity index is 416. The molecule has 3 atom stereocenters. The van der Waals surface area contributed by atoms with E-state index in [0.717, 1.165) is 18.3 Å². The van der Waals surface area contributed by atoms with Gasteiger partial charge in [-0.05, 0) is 62.5 Å². The lowest BCUT2D eigenvalue weighted by molar-refractivity contribution is 0.112. The average Bonchev–Trinajstić information content (AvgIpc) is 2.80. The van der Waals surface area contributed by atoms with Gasteiger partial charge in [-0.25, -0.2) is 0 Å². The topological polar surface area (TPSA) is 29.9 Å². The summed E-state index contributed by atoms with van der Waals surface area (Å²) in [5, 5.41) is 7.82. The molecule has 0 aromatic carbocycles. The van der Waals surface area contributed by atoms with Crippen molar-refractivity contribution in [2.45, 2.75) is 58.9 Å². The molecule has 1 saturated carbocycles. The van der Waals surface area contributed by atoms with Crippen LogP contribution in [-0.2, 0) is 13.5 Å². The van der Waals surface area contributed by atoms with Crippen LogP contribution in [0.15, 0.2) is 12.3 Å². The molecule has 1 aliphatic rings. The minimum absolute atomic E-state index is 0.448. The van der Waals surface area contributed by atoms with Crippen LogP contribution in [0.4, 0.5) is 0 Å². The SMILES string of the molecule is CNC1CCC(C(C)(C)C)CC1CCc1ccnn1C. The Morgan fingerprint density at radius 2 is 2.10 bits per heavy atom. The fourth-order valence-corrected chi connectivity index (χ4v) is 3.73. The Morgan fingerprint density at radius 1 is 1.35 bits per heavy atom. The molecule has 20 heavy (non-hydrogen) atoms. The molecule has 3 heteroatoms. The minimum Gasteiger partial charge on any atom is -0.317 e. The van der Waals surface area contributed by atoms with Crippen molar-refractivity contribution in [2.75, 3.05) is 7.05 Å². The van der Waals surface area contributed by atoms with Crippen LogP contribution < -0.4 is 5.32 Å². The van der Waals surface area contributed by atoms with Crippen LogP contribution in [0.2, 0.25) is 0 Å². The van der Waals surface area contributed by atoms with E-state index in [1.54, 1.807) is 0 Å². The van der Waals surface area contributed by atoms with Crippen LogP contribution in [0.1, 0.15) is 52.1 Å². The van der Waals surface area contributed by atoms with Crippen molar-refractivity contribution < 1.29 is 0 Å². The zero-order valence-corrected chi connectivity index (χ0v) is 13.8. The molecule has 0 radical (unpaired) electrons. The second-order valence-electron chi connectivity index (χ2n) is 7.52. The first kappa shape index (κ1) is 15.6. The van der Waals surface area contributed by atoms with Gasteiger partial charge in [-0.1, -0.05) is 20.8 Å². The molecule has 1 aromatic rings. The second-order valence-corrected chi connectivity index (χ2v) is 7.52. The standard InChI is InChI=1S/C17H31N3/c1-17(2,3)14-7-9-16(18-4)13(12-14)6-8-15-10-11-19-20(15)5/h10-11,13-14,16,18H,6-9,12H2,1-5H3. The maximum atomic E-state index is 4.27. The maximum Gasteiger partial charge on any atom is 0.0492 e. The van der Waals surface area contributed by atoms with E-state index in [0.29, 0.717) is 11.5 Å². The van der Waals surface area contributed by atoms with Crippen LogP contribution in [0.25, 0.3) is 0 Å². The number of aryl methyl sites for hydroxylation is 2. The van der Waals surface area contributed by atoms with Gasteiger partial charge in [0.25, 0.3) is 0 Å². The molecule has 114 valence electrons. The van der Waals surface area contributed by atoms with E-state index in [2.05, 4.69) is 44.3 Å². The molecule has 3 unspecified atom stereocenters. The van der Waals surface area contributed by atoms with E-state index >= 15 is 0 Å². The van der Waals surface area contributed by atoms with Crippen LogP contribution in [0.5, 0.6) is 0 Å². The molecule has 1 heterocycles. The van der Waals surface area contributed by atoms with Crippen LogP contribution in [0.3, 0.4) is 0 Å². The quantitative estimate of drug-likeness (QED) is 0.914. The van der Waals surface area contributed by atoms with E-state index in [4.69, 9.17) is 0 Å². The molecule has 0 amide bonds. The van der Waals surface area contributed by atoms with E-state index in [1.165, 1.54) is 31.4 Å². The third kappa shape index (κ3) is 3.63. The zero-order valence-electron chi connectivity index (χ0n) is 13.8. The van der Waals surface area contributed by atoms with Crippen molar-refractivity contribution in [3.8, 4) is 0 Å². The number of nitrogens with zero attached hydrogens (tertiary/aromatic N) is 2. The molecule has 0 aliphatic heterocycles. The van der Waals surface area contributed by atoms with Gasteiger partial charge < -0.3 is 5.32 Å². The van der Waals surface area contributed by atoms with Crippen molar-refractivity contribution in [1.29, 1.82) is 0 Å². The van der Waals surface area contributed by atoms with Crippen molar-refractivity contribution in [1.82, 2.24) is 15.1 Å². The Morgan fingerprint density at radius 3 is 2.65 bits per heavy atom. The normalized spacial score (nSPS) is 27.8. The van der Waals surface area contributed by atoms with Gasteiger partial charge in [-0.2, -0.15) is 5.10 Å². The van der Waals surface area contributed by atoms with Crippen LogP contribution in [-0.4, -0.2) is 22.9 Å². The Labute approximate surface area is 124 Å². The molecule has 0 saturated heterocycles. The largest absolute Gasteiger partial charge is 0.317 e. The van der Waals surface area contributed by atoms with E-state index in [9.17, 15) is 0 Å². The summed E-state index contributed by atoms with van der Waals surface area (Å²) in [6, 6.07) is 2.85. The highest BCUT2D eigenvalue weighted by Crippen LogP contribution is 2.41. The van der Waals surface area contributed by atoms with Crippen molar-refractivity contribution in [3.63, 3.8) is 0 Å². The molecule has 3 nitrogen and oxygen atoms in total. The van der Waals surface area contributed by atoms with Gasteiger partial charge >= 0.3 is 0 Å². The first-order valence-electron chi connectivity index (χ1n) is 8.06. The predicted molar refractivity (Wildman–Crippen MR) is 84.7 cm³/mol. The van der Waals surface area contributed by atoms with E-state index in [1.807, 2.05) is 17.9 Å². The molecule has 2 rings (SSSR count). The minimum atomic E-state index is 0.448. The molecular formula is C17H31N3. The number of nitrogens with one attached hydrogen (secondary N) is 1. The molecule has 1 fully saturated rings. The summed E-state index contributed by atoms with van der Waals surface area (Å²) in [7, 11) is 4.17. The summed E-state index contributed by atoms with van der Waals surface area (Å²) in [4.78, 5) is 0. The summed E-state index contributed by atoms with van der Waals surface area (Å²) in [5.41, 5.74) is 1.81. The lowest BCUT2D eigenvalue weighted by atomic mass is 9.66. The first-order valence-corrected chi connectivity index (χ1v) is 8.06. The third-order valence-electron chi connectivity index (χ3n) is 5.27. The van der Waals surface area contributed by atoms with Crippen molar-refractivity contribution >= 4 is 0 Å². The number of hydrogen-bond donors (Lipinski definition) is 1. The van der Waals surface area contributed by atoms with Gasteiger partial charge in [-0.15, -0.1) is 0 Å². The van der Waals surface area contributed by atoms with E-state index < -0.39 is 0 Å². The summed E-state index contributed by atoms with van der Waals surface area (Å²) in [5.74, 6) is 1.66. The maximum absolute atomic E-state index is 4.27. The summed E-state index contributed by atoms with van der Waals surface area (Å²) < 4.78 is 2.01. The van der Waals surface area contributed by atoms with Gasteiger partial charge in [0, 0.05) is 25.0 Å². The molecule has 1 aromatic heterocycles. The Kier molecular flexibility index (Phi) is 4.90. The number of hydrogen-bond acceptors (Lipinski definition) is 2. The van der Waals surface area contributed by atoms with Gasteiger partial charge in [-0.3, -0.25) is 4.68 Å². The summed E-state index contributed by atoms with van der Waals surface area (Å²) >= 11 is 0. The molecule has 1 aliphatic carbocycles. The van der Waals surface area contributed by atoms with Crippen molar-refractivity contribution in [3.05, 3.63) is 18.0 Å². The Balaban J connectivity index is 1.97. The molecular weight excluding hydrogens is 246 g/mol.